The molecule has 0 atom stereocenters. The first-order valence-electron chi connectivity index (χ1n) is 7.59. The minimum atomic E-state index is 0.0640. The van der Waals surface area contributed by atoms with Crippen LogP contribution in [0.4, 0.5) is 5.13 Å². The molecule has 0 aromatic carbocycles. The molecule has 0 aliphatic carbocycles. The minimum Gasteiger partial charge on any atom is -0.327 e. The second kappa shape index (κ2) is 7.69. The van der Waals surface area contributed by atoms with Gasteiger partial charge in [0.05, 0.1) is 13.1 Å². The summed E-state index contributed by atoms with van der Waals surface area (Å²) < 4.78 is 0. The molecule has 1 aromatic rings. The lowest BCUT2D eigenvalue weighted by Gasteiger charge is -2.15. The number of hydrogen-bond donors (Lipinski definition) is 2. The van der Waals surface area contributed by atoms with Crippen molar-refractivity contribution in [3.05, 3.63) is 5.01 Å². The third-order valence-electron chi connectivity index (χ3n) is 3.52. The molecule has 1 aliphatic rings. The maximum Gasteiger partial charge on any atom is 0.281 e. The molecule has 1 fully saturated rings. The van der Waals surface area contributed by atoms with Crippen LogP contribution in [0.15, 0.2) is 0 Å². The lowest BCUT2D eigenvalue weighted by Crippen LogP contribution is -3.12. The third kappa shape index (κ3) is 5.17. The molecule has 112 valence electrons. The molecule has 0 bridgehead atoms. The summed E-state index contributed by atoms with van der Waals surface area (Å²) in [5.74, 6) is 0.627. The minimum absolute atomic E-state index is 0.0640. The number of aromatic nitrogens is 2. The van der Waals surface area contributed by atoms with Gasteiger partial charge >= 0.3 is 0 Å². The van der Waals surface area contributed by atoms with Gasteiger partial charge in [-0.3, -0.25) is 10.1 Å². The molecule has 20 heavy (non-hydrogen) atoms. The van der Waals surface area contributed by atoms with Gasteiger partial charge in [0.25, 0.3) is 5.91 Å². The zero-order chi connectivity index (χ0) is 14.4. The Balaban J connectivity index is 1.79. The Kier molecular flexibility index (Phi) is 5.91. The fraction of sp³-hybridized carbons (Fsp3) is 0.786. The molecular formula is C14H25N4OS+. The van der Waals surface area contributed by atoms with Gasteiger partial charge in [0.15, 0.2) is 6.54 Å². The number of carbonyl (C=O) groups is 1. The number of quaternary nitrogens is 1. The first kappa shape index (κ1) is 15.4. The van der Waals surface area contributed by atoms with Crippen LogP contribution in [0.1, 0.15) is 44.5 Å². The van der Waals surface area contributed by atoms with E-state index in [1.54, 1.807) is 0 Å². The van der Waals surface area contributed by atoms with Crippen LogP contribution >= 0.6 is 11.3 Å². The van der Waals surface area contributed by atoms with E-state index in [9.17, 15) is 4.79 Å². The number of hydrogen-bond acceptors (Lipinski definition) is 4. The van der Waals surface area contributed by atoms with E-state index in [2.05, 4.69) is 29.4 Å². The van der Waals surface area contributed by atoms with E-state index >= 15 is 0 Å². The molecule has 1 saturated heterocycles. The average molecular weight is 297 g/mol. The van der Waals surface area contributed by atoms with Gasteiger partial charge in [-0.25, -0.2) is 0 Å². The van der Waals surface area contributed by atoms with Crippen LogP contribution in [-0.2, 0) is 11.2 Å². The normalized spacial score (nSPS) is 17.1. The van der Waals surface area contributed by atoms with Crippen molar-refractivity contribution in [3.8, 4) is 0 Å². The van der Waals surface area contributed by atoms with Crippen LogP contribution in [0.5, 0.6) is 0 Å². The Morgan fingerprint density at radius 3 is 2.60 bits per heavy atom. The SMILES string of the molecule is CC(C)Cc1nnc(NC(=O)C[NH+]2CCCCCC2)s1. The molecule has 6 heteroatoms. The zero-order valence-electron chi connectivity index (χ0n) is 12.4. The van der Waals surface area contributed by atoms with E-state index in [0.717, 1.165) is 24.5 Å². The first-order valence-corrected chi connectivity index (χ1v) is 8.41. The quantitative estimate of drug-likeness (QED) is 0.857. The lowest BCUT2D eigenvalue weighted by atomic mass is 10.1. The van der Waals surface area contributed by atoms with Crippen molar-refractivity contribution in [1.82, 2.24) is 10.2 Å². The van der Waals surface area contributed by atoms with E-state index in [1.807, 2.05) is 0 Å². The van der Waals surface area contributed by atoms with Crippen molar-refractivity contribution in [2.75, 3.05) is 25.0 Å². The van der Waals surface area contributed by atoms with E-state index in [-0.39, 0.29) is 5.91 Å². The summed E-state index contributed by atoms with van der Waals surface area (Å²) in [6.45, 7) is 7.09. The number of nitrogens with zero attached hydrogens (tertiary/aromatic N) is 2. The third-order valence-corrected chi connectivity index (χ3v) is 4.38. The van der Waals surface area contributed by atoms with Gasteiger partial charge in [0.2, 0.25) is 5.13 Å². The number of carbonyl (C=O) groups excluding carboxylic acids is 1. The van der Waals surface area contributed by atoms with Gasteiger partial charge < -0.3 is 4.90 Å². The maximum absolute atomic E-state index is 12.0. The average Bonchev–Trinajstić information content (AvgIpc) is 2.63. The highest BCUT2D eigenvalue weighted by molar-refractivity contribution is 7.15. The number of nitrogens with one attached hydrogen (secondary N) is 2. The van der Waals surface area contributed by atoms with E-state index < -0.39 is 0 Å². The molecule has 0 radical (unpaired) electrons. The second-order valence-electron chi connectivity index (χ2n) is 5.99. The van der Waals surface area contributed by atoms with E-state index in [4.69, 9.17) is 0 Å². The number of anilines is 1. The van der Waals surface area contributed by atoms with Gasteiger partial charge in [-0.2, -0.15) is 0 Å². The summed E-state index contributed by atoms with van der Waals surface area (Å²) >= 11 is 1.49. The van der Waals surface area contributed by atoms with Crippen LogP contribution in [0.25, 0.3) is 0 Å². The van der Waals surface area contributed by atoms with Crippen molar-refractivity contribution >= 4 is 22.4 Å². The summed E-state index contributed by atoms with van der Waals surface area (Å²) in [5.41, 5.74) is 0. The standard InChI is InChI=1S/C14H24N4OS/c1-11(2)9-13-16-17-14(20-13)15-12(19)10-18-7-5-3-4-6-8-18/h11H,3-10H2,1-2H3,(H,15,17,19)/p+1. The van der Waals surface area contributed by atoms with E-state index in [0.29, 0.717) is 17.6 Å². The van der Waals surface area contributed by atoms with E-state index in [1.165, 1.54) is 41.9 Å². The number of rotatable bonds is 5. The second-order valence-corrected chi connectivity index (χ2v) is 7.05. The Bertz CT molecular complexity index is 425. The molecule has 2 heterocycles. The molecule has 0 saturated carbocycles. The maximum atomic E-state index is 12.0. The Labute approximate surface area is 124 Å². The summed E-state index contributed by atoms with van der Waals surface area (Å²) in [7, 11) is 0. The van der Waals surface area contributed by atoms with Gasteiger partial charge in [0, 0.05) is 6.42 Å². The lowest BCUT2D eigenvalue weighted by molar-refractivity contribution is -0.890. The fourth-order valence-corrected chi connectivity index (χ4v) is 3.50. The Hall–Kier alpha value is -1.01. The molecule has 1 aromatic heterocycles. The first-order chi connectivity index (χ1) is 9.63. The Morgan fingerprint density at radius 2 is 1.95 bits per heavy atom. The molecule has 0 spiro atoms. The molecule has 2 N–H and O–H groups in total. The predicted octanol–water partition coefficient (Wildman–Crippen LogP) is 1.13. The number of amides is 1. The molecule has 5 nitrogen and oxygen atoms in total. The summed E-state index contributed by atoms with van der Waals surface area (Å²) in [6, 6.07) is 0. The van der Waals surface area contributed by atoms with Crippen molar-refractivity contribution in [2.24, 2.45) is 5.92 Å². The topological polar surface area (TPSA) is 59.3 Å². The van der Waals surface area contributed by atoms with Crippen molar-refractivity contribution < 1.29 is 9.69 Å². The van der Waals surface area contributed by atoms with Crippen LogP contribution < -0.4 is 10.2 Å². The summed E-state index contributed by atoms with van der Waals surface area (Å²) in [6.07, 6.45) is 6.00. The fourth-order valence-electron chi connectivity index (χ4n) is 2.53. The van der Waals surface area contributed by atoms with Gasteiger partial charge in [-0.15, -0.1) is 10.2 Å². The molecule has 0 unspecified atom stereocenters. The van der Waals surface area contributed by atoms with Crippen molar-refractivity contribution in [1.29, 1.82) is 0 Å². The van der Waals surface area contributed by atoms with Gasteiger partial charge in [-0.05, 0) is 31.6 Å². The smallest absolute Gasteiger partial charge is 0.281 e. The summed E-state index contributed by atoms with van der Waals surface area (Å²) in [4.78, 5) is 13.4. The van der Waals surface area contributed by atoms with Crippen molar-refractivity contribution in [3.63, 3.8) is 0 Å². The zero-order valence-corrected chi connectivity index (χ0v) is 13.3. The van der Waals surface area contributed by atoms with Crippen molar-refractivity contribution in [2.45, 2.75) is 46.0 Å². The highest BCUT2D eigenvalue weighted by atomic mass is 32.1. The largest absolute Gasteiger partial charge is 0.327 e. The molecular weight excluding hydrogens is 272 g/mol. The van der Waals surface area contributed by atoms with Gasteiger partial charge in [0.1, 0.15) is 5.01 Å². The van der Waals surface area contributed by atoms with Crippen LogP contribution in [0, 0.1) is 5.92 Å². The highest BCUT2D eigenvalue weighted by Gasteiger charge is 2.17. The molecule has 2 rings (SSSR count). The van der Waals surface area contributed by atoms with Gasteiger partial charge in [-0.1, -0.05) is 25.2 Å². The van der Waals surface area contributed by atoms with Crippen LogP contribution in [0.2, 0.25) is 0 Å². The Morgan fingerprint density at radius 1 is 1.25 bits per heavy atom. The highest BCUT2D eigenvalue weighted by Crippen LogP contribution is 2.17. The van der Waals surface area contributed by atoms with Crippen LogP contribution in [0.3, 0.4) is 0 Å². The monoisotopic (exact) mass is 297 g/mol. The predicted molar refractivity (Wildman–Crippen MR) is 81.1 cm³/mol. The van der Waals surface area contributed by atoms with Crippen LogP contribution in [-0.4, -0.2) is 35.7 Å². The molecule has 1 amide bonds. The summed E-state index contributed by atoms with van der Waals surface area (Å²) in [5, 5.41) is 12.7. The number of likely N-dealkylation sites (tertiary alicyclic amines) is 1. The molecule has 1 aliphatic heterocycles.